The molecule has 3 aromatic heterocycles. The minimum atomic E-state index is -0.775. The van der Waals surface area contributed by atoms with Crippen molar-refractivity contribution in [3.05, 3.63) is 71.9 Å². The number of rotatable bonds is 8. The topological polar surface area (TPSA) is 97.1 Å². The predicted octanol–water partition coefficient (Wildman–Crippen LogP) is 3.38. The highest BCUT2D eigenvalue weighted by Crippen LogP contribution is 2.33. The first-order valence-electron chi connectivity index (χ1n) is 12.1. The fraction of sp³-hybridized carbons (Fsp3) is 0.308. The summed E-state index contributed by atoms with van der Waals surface area (Å²) >= 11 is 0. The van der Waals surface area contributed by atoms with Crippen LogP contribution in [0.15, 0.2) is 49.2 Å². The number of fused-ring (bicyclic) bond motifs is 1. The molecule has 38 heavy (non-hydrogen) atoms. The Labute approximate surface area is 217 Å². The summed E-state index contributed by atoms with van der Waals surface area (Å²) in [4.78, 5) is 24.8. The van der Waals surface area contributed by atoms with Crippen molar-refractivity contribution in [3.8, 4) is 17.4 Å². The fourth-order valence-electron chi connectivity index (χ4n) is 4.21. The highest BCUT2D eigenvalue weighted by Gasteiger charge is 2.19. The minimum absolute atomic E-state index is 0.100. The Kier molecular flexibility index (Phi) is 7.43. The third-order valence-electron chi connectivity index (χ3n) is 6.42. The fourth-order valence-corrected chi connectivity index (χ4v) is 4.21. The molecule has 0 saturated carbocycles. The molecule has 0 radical (unpaired) electrons. The number of hydrogen-bond acceptors (Lipinski definition) is 8. The van der Waals surface area contributed by atoms with E-state index in [0.29, 0.717) is 17.9 Å². The zero-order chi connectivity index (χ0) is 26.6. The summed E-state index contributed by atoms with van der Waals surface area (Å²) in [7, 11) is 2.12. The highest BCUT2D eigenvalue weighted by atomic mass is 19.1. The van der Waals surface area contributed by atoms with Gasteiger partial charge in [-0.25, -0.2) is 13.3 Å². The lowest BCUT2D eigenvalue weighted by Crippen LogP contribution is -2.45. The molecule has 0 spiro atoms. The van der Waals surface area contributed by atoms with Crippen molar-refractivity contribution in [1.82, 2.24) is 29.4 Å². The lowest BCUT2D eigenvalue weighted by atomic mass is 10.2. The number of carbonyl (C=O) groups is 1. The Morgan fingerprint density at radius 3 is 2.68 bits per heavy atom. The molecule has 0 bridgehead atoms. The normalized spacial score (nSPS) is 14.5. The highest BCUT2D eigenvalue weighted by molar-refractivity contribution is 6.04. The van der Waals surface area contributed by atoms with E-state index in [-0.39, 0.29) is 22.9 Å². The smallest absolute Gasteiger partial charge is 0.258 e. The molecule has 12 heteroatoms. The summed E-state index contributed by atoms with van der Waals surface area (Å²) in [6, 6.07) is 5.13. The van der Waals surface area contributed by atoms with Crippen LogP contribution in [0.5, 0.6) is 17.4 Å². The molecule has 4 heterocycles. The van der Waals surface area contributed by atoms with Crippen LogP contribution in [0.4, 0.5) is 14.5 Å². The van der Waals surface area contributed by atoms with Gasteiger partial charge in [-0.2, -0.15) is 10.1 Å². The van der Waals surface area contributed by atoms with Gasteiger partial charge in [0.05, 0.1) is 18.0 Å². The van der Waals surface area contributed by atoms with Gasteiger partial charge in [-0.05, 0) is 32.2 Å². The van der Waals surface area contributed by atoms with Crippen molar-refractivity contribution in [2.75, 3.05) is 51.7 Å². The van der Waals surface area contributed by atoms with Crippen LogP contribution in [0.2, 0.25) is 0 Å². The number of anilines is 1. The van der Waals surface area contributed by atoms with Crippen LogP contribution in [-0.2, 0) is 0 Å². The number of amides is 1. The van der Waals surface area contributed by atoms with E-state index in [1.54, 1.807) is 10.7 Å². The molecule has 1 amide bonds. The van der Waals surface area contributed by atoms with E-state index in [1.807, 2.05) is 6.92 Å². The summed E-state index contributed by atoms with van der Waals surface area (Å²) in [5.41, 5.74) is 1.25. The number of nitrogens with one attached hydrogen (secondary N) is 1. The number of hydrogen-bond donors (Lipinski definition) is 1. The second-order valence-corrected chi connectivity index (χ2v) is 9.03. The standard InChI is InChI=1S/C26H27F2N7O3/c1-17-23(37-12-11-34-9-7-33(2)8-10-34)15-35-24(17)26(30-16-31-35)38-22-4-3-18(13-20(22)27)32-25(36)19-5-6-29-14-21(19)28/h3-6,13-16H,7-12H2,1-2H3,(H,32,36). The van der Waals surface area contributed by atoms with Gasteiger partial charge in [0.25, 0.3) is 5.91 Å². The maximum absolute atomic E-state index is 14.9. The maximum atomic E-state index is 14.9. The zero-order valence-corrected chi connectivity index (χ0v) is 21.0. The van der Waals surface area contributed by atoms with Gasteiger partial charge in [0.1, 0.15) is 24.2 Å². The number of ether oxygens (including phenoxy) is 2. The largest absolute Gasteiger partial charge is 0.490 e. The van der Waals surface area contributed by atoms with E-state index < -0.39 is 17.5 Å². The monoisotopic (exact) mass is 523 g/mol. The Hall–Kier alpha value is -4.16. The Morgan fingerprint density at radius 1 is 1.11 bits per heavy atom. The molecule has 1 fully saturated rings. The van der Waals surface area contributed by atoms with Crippen LogP contribution >= 0.6 is 0 Å². The summed E-state index contributed by atoms with van der Waals surface area (Å²) in [6.07, 6.45) is 5.29. The van der Waals surface area contributed by atoms with Crippen LogP contribution in [-0.4, -0.2) is 81.7 Å². The van der Waals surface area contributed by atoms with Gasteiger partial charge in [0.2, 0.25) is 5.88 Å². The molecule has 1 N–H and O–H groups in total. The van der Waals surface area contributed by atoms with Crippen molar-refractivity contribution >= 4 is 17.1 Å². The third kappa shape index (κ3) is 5.55. The lowest BCUT2D eigenvalue weighted by Gasteiger charge is -2.32. The second-order valence-electron chi connectivity index (χ2n) is 9.03. The molecule has 0 atom stereocenters. The van der Waals surface area contributed by atoms with E-state index in [4.69, 9.17) is 9.47 Å². The van der Waals surface area contributed by atoms with E-state index in [2.05, 4.69) is 37.2 Å². The average Bonchev–Trinajstić information content (AvgIpc) is 3.23. The molecule has 1 aliphatic heterocycles. The van der Waals surface area contributed by atoms with Gasteiger partial charge in [-0.3, -0.25) is 14.7 Å². The van der Waals surface area contributed by atoms with Crippen molar-refractivity contribution in [2.24, 2.45) is 0 Å². The summed E-state index contributed by atoms with van der Waals surface area (Å²) in [5.74, 6) is -1.53. The number of halogens is 2. The molecule has 0 aliphatic carbocycles. The molecular formula is C26H27F2N7O3. The molecule has 0 unspecified atom stereocenters. The molecule has 198 valence electrons. The van der Waals surface area contributed by atoms with Crippen LogP contribution in [0.1, 0.15) is 15.9 Å². The summed E-state index contributed by atoms with van der Waals surface area (Å²) in [6.45, 7) is 7.30. The number of aryl methyl sites for hydroxylation is 1. The van der Waals surface area contributed by atoms with E-state index in [1.165, 1.54) is 30.7 Å². The van der Waals surface area contributed by atoms with Crippen molar-refractivity contribution in [1.29, 1.82) is 0 Å². The molecule has 1 aliphatic rings. The van der Waals surface area contributed by atoms with Crippen molar-refractivity contribution in [2.45, 2.75) is 6.92 Å². The number of aromatic nitrogens is 4. The Morgan fingerprint density at radius 2 is 1.92 bits per heavy atom. The van der Waals surface area contributed by atoms with Crippen LogP contribution in [0.3, 0.4) is 0 Å². The first-order valence-corrected chi connectivity index (χ1v) is 12.1. The van der Waals surface area contributed by atoms with Crippen molar-refractivity contribution < 1.29 is 23.0 Å². The number of likely N-dealkylation sites (N-methyl/N-ethyl adjacent to an activating group) is 1. The molecular weight excluding hydrogens is 496 g/mol. The molecule has 1 aromatic carbocycles. The van der Waals surface area contributed by atoms with Crippen LogP contribution in [0.25, 0.3) is 5.52 Å². The third-order valence-corrected chi connectivity index (χ3v) is 6.42. The molecule has 4 aromatic rings. The van der Waals surface area contributed by atoms with E-state index in [9.17, 15) is 13.6 Å². The maximum Gasteiger partial charge on any atom is 0.258 e. The van der Waals surface area contributed by atoms with Gasteiger partial charge < -0.3 is 19.7 Å². The van der Waals surface area contributed by atoms with Crippen molar-refractivity contribution in [3.63, 3.8) is 0 Å². The summed E-state index contributed by atoms with van der Waals surface area (Å²) in [5, 5.41) is 6.69. The van der Waals surface area contributed by atoms with Crippen LogP contribution < -0.4 is 14.8 Å². The van der Waals surface area contributed by atoms with Gasteiger partial charge >= 0.3 is 0 Å². The first-order chi connectivity index (χ1) is 18.4. The zero-order valence-electron chi connectivity index (χ0n) is 21.0. The summed E-state index contributed by atoms with van der Waals surface area (Å²) < 4.78 is 42.1. The number of piperazine rings is 1. The average molecular weight is 524 g/mol. The number of pyridine rings is 1. The van der Waals surface area contributed by atoms with Gasteiger partial charge in [0, 0.05) is 56.2 Å². The predicted molar refractivity (Wildman–Crippen MR) is 136 cm³/mol. The Balaban J connectivity index is 1.27. The van der Waals surface area contributed by atoms with Gasteiger partial charge in [-0.1, -0.05) is 0 Å². The lowest BCUT2D eigenvalue weighted by molar-refractivity contribution is 0.102. The Bertz CT molecular complexity index is 1450. The van der Waals surface area contributed by atoms with Gasteiger partial charge in [0.15, 0.2) is 17.4 Å². The SMILES string of the molecule is Cc1c(OCCN2CCN(C)CC2)cn2ncnc(Oc3ccc(NC(=O)c4ccncc4F)cc3F)c12. The molecule has 5 rings (SSSR count). The van der Waals surface area contributed by atoms with E-state index >= 15 is 0 Å². The number of nitrogens with zero attached hydrogens (tertiary/aromatic N) is 6. The van der Waals surface area contributed by atoms with Crippen LogP contribution in [0, 0.1) is 18.6 Å². The number of carbonyl (C=O) groups excluding carboxylic acids is 1. The first kappa shape index (κ1) is 25.5. The minimum Gasteiger partial charge on any atom is -0.490 e. The quantitative estimate of drug-likeness (QED) is 0.376. The second kappa shape index (κ2) is 11.1. The molecule has 1 saturated heterocycles. The number of benzene rings is 1. The van der Waals surface area contributed by atoms with E-state index in [0.717, 1.165) is 50.6 Å². The van der Waals surface area contributed by atoms with Gasteiger partial charge in [-0.15, -0.1) is 0 Å². The molecule has 10 nitrogen and oxygen atoms in total.